The lowest BCUT2D eigenvalue weighted by atomic mass is 10.1. The highest BCUT2D eigenvalue weighted by Crippen LogP contribution is 2.25. The van der Waals surface area contributed by atoms with Gasteiger partial charge in [-0.2, -0.15) is 0 Å². The molecule has 4 N–H and O–H groups in total. The van der Waals surface area contributed by atoms with Crippen LogP contribution in [-0.4, -0.2) is 5.91 Å². The Bertz CT molecular complexity index is 609. The van der Waals surface area contributed by atoms with Gasteiger partial charge in [-0.3, -0.25) is 4.79 Å². The molecule has 0 unspecified atom stereocenters. The zero-order valence-corrected chi connectivity index (χ0v) is 10.7. The molecular weight excluding hydrogens is 240 g/mol. The predicted octanol–water partition coefficient (Wildman–Crippen LogP) is 2.72. The highest BCUT2D eigenvalue weighted by Gasteiger charge is 2.08. The highest BCUT2D eigenvalue weighted by molar-refractivity contribution is 5.98. The van der Waals surface area contributed by atoms with Crippen LogP contribution >= 0.6 is 0 Å². The van der Waals surface area contributed by atoms with E-state index in [1.54, 1.807) is 18.2 Å². The first-order chi connectivity index (χ1) is 9.10. The molecule has 19 heavy (non-hydrogen) atoms. The van der Waals surface area contributed by atoms with E-state index in [1.165, 1.54) is 5.56 Å². The maximum atomic E-state index is 11.2. The van der Waals surface area contributed by atoms with Gasteiger partial charge in [0.25, 0.3) is 5.91 Å². The summed E-state index contributed by atoms with van der Waals surface area (Å²) in [6, 6.07) is 12.7. The normalized spacial score (nSPS) is 10.2. The molecule has 2 rings (SSSR count). The third kappa shape index (κ3) is 3.04. The minimum Gasteiger partial charge on any atom is -0.457 e. The number of rotatable bonds is 4. The quantitative estimate of drug-likeness (QED) is 0.825. The van der Waals surface area contributed by atoms with Gasteiger partial charge in [-0.05, 0) is 42.3 Å². The van der Waals surface area contributed by atoms with Crippen molar-refractivity contribution in [2.75, 3.05) is 5.73 Å². The van der Waals surface area contributed by atoms with Crippen molar-refractivity contribution in [3.63, 3.8) is 0 Å². The Morgan fingerprint density at radius 3 is 2.58 bits per heavy atom. The largest absolute Gasteiger partial charge is 0.457 e. The first-order valence-electron chi connectivity index (χ1n) is 6.06. The summed E-state index contributed by atoms with van der Waals surface area (Å²) in [5.74, 6) is 0.695. The van der Waals surface area contributed by atoms with E-state index in [0.29, 0.717) is 11.4 Å². The van der Waals surface area contributed by atoms with Crippen LogP contribution in [0.3, 0.4) is 0 Å². The molecule has 98 valence electrons. The van der Waals surface area contributed by atoms with Crippen LogP contribution in [0.5, 0.6) is 11.5 Å². The van der Waals surface area contributed by atoms with Crippen molar-refractivity contribution in [1.29, 1.82) is 0 Å². The van der Waals surface area contributed by atoms with Crippen LogP contribution in [0.1, 0.15) is 22.8 Å². The zero-order chi connectivity index (χ0) is 13.8. The summed E-state index contributed by atoms with van der Waals surface area (Å²) in [6.07, 6.45) is 0.936. The zero-order valence-electron chi connectivity index (χ0n) is 10.7. The number of hydrogen-bond donors (Lipinski definition) is 2. The molecular formula is C15H16N2O2. The molecule has 0 saturated carbocycles. The molecule has 0 bridgehead atoms. The molecule has 0 atom stereocenters. The van der Waals surface area contributed by atoms with Crippen LogP contribution in [0.15, 0.2) is 42.5 Å². The van der Waals surface area contributed by atoms with Gasteiger partial charge in [0.1, 0.15) is 11.5 Å². The number of benzene rings is 2. The van der Waals surface area contributed by atoms with E-state index in [1.807, 2.05) is 24.3 Å². The smallest absolute Gasteiger partial charge is 0.250 e. The number of carbonyl (C=O) groups is 1. The molecule has 4 heteroatoms. The number of nitrogens with two attached hydrogens (primary N) is 2. The number of hydrogen-bond acceptors (Lipinski definition) is 3. The van der Waals surface area contributed by atoms with Crippen molar-refractivity contribution in [3.05, 3.63) is 53.6 Å². The van der Waals surface area contributed by atoms with E-state index in [-0.39, 0.29) is 5.56 Å². The number of primary amides is 1. The summed E-state index contributed by atoms with van der Waals surface area (Å²) in [7, 11) is 0. The van der Waals surface area contributed by atoms with E-state index in [2.05, 4.69) is 6.92 Å². The molecule has 0 aliphatic carbocycles. The molecule has 0 aromatic heterocycles. The lowest BCUT2D eigenvalue weighted by Crippen LogP contribution is -2.13. The fourth-order valence-electron chi connectivity index (χ4n) is 1.78. The second kappa shape index (κ2) is 5.44. The monoisotopic (exact) mass is 256 g/mol. The van der Waals surface area contributed by atoms with E-state index < -0.39 is 5.91 Å². The highest BCUT2D eigenvalue weighted by atomic mass is 16.5. The van der Waals surface area contributed by atoms with Crippen molar-refractivity contribution >= 4 is 11.6 Å². The van der Waals surface area contributed by atoms with Gasteiger partial charge in [0.05, 0.1) is 5.56 Å². The first-order valence-corrected chi connectivity index (χ1v) is 6.06. The minimum atomic E-state index is -0.565. The molecule has 0 aliphatic heterocycles. The Hall–Kier alpha value is -2.49. The van der Waals surface area contributed by atoms with Crippen LogP contribution in [0.25, 0.3) is 0 Å². The van der Waals surface area contributed by atoms with Gasteiger partial charge in [-0.25, -0.2) is 0 Å². The molecule has 0 fully saturated rings. The maximum Gasteiger partial charge on any atom is 0.250 e. The van der Waals surface area contributed by atoms with Crippen LogP contribution in [-0.2, 0) is 6.42 Å². The number of anilines is 1. The molecule has 0 radical (unpaired) electrons. The number of carbonyl (C=O) groups excluding carboxylic acids is 1. The van der Waals surface area contributed by atoms with Crippen LogP contribution < -0.4 is 16.2 Å². The molecule has 0 aliphatic rings. The molecule has 0 spiro atoms. The lowest BCUT2D eigenvalue weighted by Gasteiger charge is -2.09. The third-order valence-corrected chi connectivity index (χ3v) is 2.83. The average Bonchev–Trinajstić information content (AvgIpc) is 2.41. The van der Waals surface area contributed by atoms with Crippen LogP contribution in [0.4, 0.5) is 5.69 Å². The summed E-state index contributed by atoms with van der Waals surface area (Å²) in [6.45, 7) is 2.08. The fourth-order valence-corrected chi connectivity index (χ4v) is 1.78. The number of nitrogen functional groups attached to an aromatic ring is 1. The van der Waals surface area contributed by atoms with Gasteiger partial charge in [0, 0.05) is 5.69 Å². The topological polar surface area (TPSA) is 78.3 Å². The van der Waals surface area contributed by atoms with Crippen molar-refractivity contribution in [1.82, 2.24) is 0 Å². The average molecular weight is 256 g/mol. The Morgan fingerprint density at radius 2 is 1.89 bits per heavy atom. The third-order valence-electron chi connectivity index (χ3n) is 2.83. The van der Waals surface area contributed by atoms with Gasteiger partial charge in [0.15, 0.2) is 0 Å². The van der Waals surface area contributed by atoms with Gasteiger partial charge in [0.2, 0.25) is 0 Å². The Morgan fingerprint density at radius 1 is 1.16 bits per heavy atom. The maximum absolute atomic E-state index is 11.2. The Balaban J connectivity index is 2.28. The van der Waals surface area contributed by atoms with Crippen molar-refractivity contribution in [3.8, 4) is 11.5 Å². The lowest BCUT2D eigenvalue weighted by molar-refractivity contribution is 0.100. The molecule has 2 aromatic carbocycles. The summed E-state index contributed by atoms with van der Waals surface area (Å²) in [5.41, 5.74) is 12.7. The fraction of sp³-hybridized carbons (Fsp3) is 0.133. The summed E-state index contributed by atoms with van der Waals surface area (Å²) in [4.78, 5) is 11.2. The molecule has 2 aromatic rings. The van der Waals surface area contributed by atoms with Crippen LogP contribution in [0.2, 0.25) is 0 Å². The molecule has 0 saturated heterocycles. The summed E-state index contributed by atoms with van der Waals surface area (Å²) in [5, 5.41) is 0. The van der Waals surface area contributed by atoms with Gasteiger partial charge < -0.3 is 16.2 Å². The summed E-state index contributed by atoms with van der Waals surface area (Å²) < 4.78 is 5.70. The second-order valence-electron chi connectivity index (χ2n) is 4.22. The standard InChI is InChI=1S/C15H16N2O2/c1-2-10-4-3-5-11(8-10)19-12-6-7-14(16)13(9-12)15(17)18/h3-9H,2,16H2,1H3,(H2,17,18). The number of ether oxygens (including phenoxy) is 1. The summed E-state index contributed by atoms with van der Waals surface area (Å²) >= 11 is 0. The van der Waals surface area contributed by atoms with Crippen molar-refractivity contribution in [2.24, 2.45) is 5.73 Å². The predicted molar refractivity (Wildman–Crippen MR) is 75.3 cm³/mol. The van der Waals surface area contributed by atoms with E-state index in [9.17, 15) is 4.79 Å². The minimum absolute atomic E-state index is 0.268. The molecule has 1 amide bonds. The van der Waals surface area contributed by atoms with E-state index in [0.717, 1.165) is 12.2 Å². The van der Waals surface area contributed by atoms with Crippen LogP contribution in [0, 0.1) is 0 Å². The van der Waals surface area contributed by atoms with Gasteiger partial charge in [-0.15, -0.1) is 0 Å². The molecule has 4 nitrogen and oxygen atoms in total. The van der Waals surface area contributed by atoms with Gasteiger partial charge in [-0.1, -0.05) is 19.1 Å². The number of amides is 1. The number of aryl methyl sites for hydroxylation is 1. The van der Waals surface area contributed by atoms with Crippen molar-refractivity contribution in [2.45, 2.75) is 13.3 Å². The first kappa shape index (κ1) is 13.0. The van der Waals surface area contributed by atoms with E-state index in [4.69, 9.17) is 16.2 Å². The SMILES string of the molecule is CCc1cccc(Oc2ccc(N)c(C(N)=O)c2)c1. The Kier molecular flexibility index (Phi) is 3.71. The van der Waals surface area contributed by atoms with E-state index >= 15 is 0 Å². The second-order valence-corrected chi connectivity index (χ2v) is 4.22. The molecule has 0 heterocycles. The van der Waals surface area contributed by atoms with Gasteiger partial charge >= 0.3 is 0 Å². The van der Waals surface area contributed by atoms with Crippen molar-refractivity contribution < 1.29 is 9.53 Å². The Labute approximate surface area is 112 Å².